The highest BCUT2D eigenvalue weighted by molar-refractivity contribution is 5.83. The lowest BCUT2D eigenvalue weighted by atomic mass is 10.3. The predicted octanol–water partition coefficient (Wildman–Crippen LogP) is 0.562. The molecule has 2 heterocycles. The van der Waals surface area contributed by atoms with E-state index in [0.29, 0.717) is 10.9 Å². The smallest absolute Gasteiger partial charge is 0.272 e. The van der Waals surface area contributed by atoms with E-state index in [1.54, 1.807) is 12.3 Å². The Kier molecular flexibility index (Phi) is 1.03. The highest BCUT2D eigenvalue weighted by Crippen LogP contribution is 2.17. The first-order chi connectivity index (χ1) is 5.29. The molecular formula is C7H6N2O2. The van der Waals surface area contributed by atoms with Crippen LogP contribution in [0.3, 0.4) is 0 Å². The lowest BCUT2D eigenvalue weighted by molar-refractivity contribution is 0.479. The van der Waals surface area contributed by atoms with Crippen molar-refractivity contribution in [2.24, 2.45) is 0 Å². The van der Waals surface area contributed by atoms with Crippen molar-refractivity contribution >= 4 is 10.9 Å². The molecule has 0 bridgehead atoms. The fraction of sp³-hybridized carbons (Fsp3) is 0. The minimum atomic E-state index is -0.220. The van der Waals surface area contributed by atoms with Gasteiger partial charge in [-0.3, -0.25) is 4.79 Å². The third kappa shape index (κ3) is 0.724. The van der Waals surface area contributed by atoms with Crippen molar-refractivity contribution in [1.82, 2.24) is 9.97 Å². The van der Waals surface area contributed by atoms with Crippen LogP contribution in [0.4, 0.5) is 0 Å². The SMILES string of the molecule is O=c1[nH]cc(O)c2cc[nH]c12. The van der Waals surface area contributed by atoms with Crippen molar-refractivity contribution in [3.8, 4) is 5.75 Å². The lowest BCUT2D eigenvalue weighted by Gasteiger charge is -1.91. The maximum absolute atomic E-state index is 11.0. The molecule has 0 fully saturated rings. The summed E-state index contributed by atoms with van der Waals surface area (Å²) in [5.74, 6) is 0.0841. The zero-order valence-electron chi connectivity index (χ0n) is 5.59. The highest BCUT2D eigenvalue weighted by Gasteiger charge is 2.02. The van der Waals surface area contributed by atoms with Gasteiger partial charge in [-0.25, -0.2) is 0 Å². The summed E-state index contributed by atoms with van der Waals surface area (Å²) in [5.41, 5.74) is 0.188. The minimum absolute atomic E-state index is 0.0841. The number of fused-ring (bicyclic) bond motifs is 1. The molecule has 11 heavy (non-hydrogen) atoms. The molecule has 4 heteroatoms. The number of rotatable bonds is 0. The largest absolute Gasteiger partial charge is 0.506 e. The number of pyridine rings is 1. The number of H-pyrrole nitrogens is 2. The molecule has 0 radical (unpaired) electrons. The van der Waals surface area contributed by atoms with Crippen molar-refractivity contribution in [2.45, 2.75) is 0 Å². The molecule has 3 N–H and O–H groups in total. The van der Waals surface area contributed by atoms with Crippen LogP contribution in [0.5, 0.6) is 5.75 Å². The molecule has 0 saturated heterocycles. The van der Waals surface area contributed by atoms with Crippen LogP contribution < -0.4 is 5.56 Å². The van der Waals surface area contributed by atoms with Gasteiger partial charge in [0.05, 0.1) is 0 Å². The number of hydrogen-bond donors (Lipinski definition) is 3. The van der Waals surface area contributed by atoms with E-state index in [4.69, 9.17) is 0 Å². The van der Waals surface area contributed by atoms with Crippen molar-refractivity contribution in [1.29, 1.82) is 0 Å². The van der Waals surface area contributed by atoms with Gasteiger partial charge in [0.25, 0.3) is 5.56 Å². The Morgan fingerprint density at radius 1 is 1.36 bits per heavy atom. The Labute approximate surface area is 61.5 Å². The van der Waals surface area contributed by atoms with Crippen LogP contribution >= 0.6 is 0 Å². The summed E-state index contributed by atoms with van der Waals surface area (Å²) >= 11 is 0. The van der Waals surface area contributed by atoms with Crippen LogP contribution in [-0.2, 0) is 0 Å². The van der Waals surface area contributed by atoms with Crippen LogP contribution in [0.25, 0.3) is 10.9 Å². The topological polar surface area (TPSA) is 68.9 Å². The highest BCUT2D eigenvalue weighted by atomic mass is 16.3. The zero-order chi connectivity index (χ0) is 7.84. The van der Waals surface area contributed by atoms with Gasteiger partial charge in [-0.15, -0.1) is 0 Å². The lowest BCUT2D eigenvalue weighted by Crippen LogP contribution is -2.03. The van der Waals surface area contributed by atoms with E-state index in [2.05, 4.69) is 9.97 Å². The molecule has 4 nitrogen and oxygen atoms in total. The van der Waals surface area contributed by atoms with Crippen LogP contribution in [0.2, 0.25) is 0 Å². The third-order valence-corrected chi connectivity index (χ3v) is 1.59. The van der Waals surface area contributed by atoms with Gasteiger partial charge < -0.3 is 15.1 Å². The van der Waals surface area contributed by atoms with Gasteiger partial charge in [0, 0.05) is 17.8 Å². The Morgan fingerprint density at radius 2 is 2.18 bits per heavy atom. The second kappa shape index (κ2) is 1.88. The second-order valence-corrected chi connectivity index (χ2v) is 2.27. The van der Waals surface area contributed by atoms with E-state index < -0.39 is 0 Å². The molecule has 0 aliphatic carbocycles. The molecule has 0 aromatic carbocycles. The van der Waals surface area contributed by atoms with Crippen molar-refractivity contribution in [2.75, 3.05) is 0 Å². The van der Waals surface area contributed by atoms with Gasteiger partial charge >= 0.3 is 0 Å². The molecule has 2 aromatic heterocycles. The fourth-order valence-corrected chi connectivity index (χ4v) is 1.05. The van der Waals surface area contributed by atoms with Gasteiger partial charge in [0.1, 0.15) is 11.3 Å². The van der Waals surface area contributed by atoms with Crippen molar-refractivity contribution in [3.63, 3.8) is 0 Å². The molecular weight excluding hydrogens is 144 g/mol. The Hall–Kier alpha value is -1.71. The number of aromatic hydroxyl groups is 1. The van der Waals surface area contributed by atoms with E-state index in [-0.39, 0.29) is 11.3 Å². The summed E-state index contributed by atoms with van der Waals surface area (Å²) in [6.45, 7) is 0. The third-order valence-electron chi connectivity index (χ3n) is 1.59. The molecule has 56 valence electrons. The monoisotopic (exact) mass is 150 g/mol. The standard InChI is InChI=1S/C7H6N2O2/c10-5-3-9-7(11)6-4(5)1-2-8-6/h1-3,8,10H,(H,9,11). The van der Waals surface area contributed by atoms with Crippen molar-refractivity contribution < 1.29 is 5.11 Å². The summed E-state index contributed by atoms with van der Waals surface area (Å²) in [6.07, 6.45) is 2.89. The average Bonchev–Trinajstić information content (AvgIpc) is 2.45. The molecule has 2 rings (SSSR count). The number of hydrogen-bond acceptors (Lipinski definition) is 2. The van der Waals surface area contributed by atoms with E-state index in [0.717, 1.165) is 0 Å². The van der Waals surface area contributed by atoms with Crippen molar-refractivity contribution in [3.05, 3.63) is 28.8 Å². The maximum Gasteiger partial charge on any atom is 0.272 e. The van der Waals surface area contributed by atoms with E-state index >= 15 is 0 Å². The second-order valence-electron chi connectivity index (χ2n) is 2.27. The van der Waals surface area contributed by atoms with Crippen LogP contribution in [0.15, 0.2) is 23.3 Å². The summed E-state index contributed by atoms with van der Waals surface area (Å²) in [7, 11) is 0. The Bertz CT molecular complexity index is 441. The molecule has 2 aromatic rings. The van der Waals surface area contributed by atoms with Gasteiger partial charge in [0.2, 0.25) is 0 Å². The zero-order valence-corrected chi connectivity index (χ0v) is 5.59. The first-order valence-corrected chi connectivity index (χ1v) is 3.17. The fourth-order valence-electron chi connectivity index (χ4n) is 1.05. The Balaban J connectivity index is 3.08. The molecule has 0 amide bonds. The van der Waals surface area contributed by atoms with E-state index in [9.17, 15) is 9.90 Å². The van der Waals surface area contributed by atoms with Crippen LogP contribution in [0.1, 0.15) is 0 Å². The first-order valence-electron chi connectivity index (χ1n) is 3.17. The Morgan fingerprint density at radius 3 is 2.91 bits per heavy atom. The molecule has 0 aliphatic rings. The van der Waals surface area contributed by atoms with Crippen LogP contribution in [0, 0.1) is 0 Å². The average molecular weight is 150 g/mol. The molecule has 0 saturated carbocycles. The minimum Gasteiger partial charge on any atom is -0.506 e. The number of aromatic amines is 2. The van der Waals surface area contributed by atoms with Gasteiger partial charge in [-0.05, 0) is 6.07 Å². The molecule has 0 unspecified atom stereocenters. The van der Waals surface area contributed by atoms with E-state index in [1.807, 2.05) is 0 Å². The summed E-state index contributed by atoms with van der Waals surface area (Å²) in [4.78, 5) is 16.1. The predicted molar refractivity (Wildman–Crippen MR) is 40.6 cm³/mol. The molecule has 0 aliphatic heterocycles. The summed E-state index contributed by atoms with van der Waals surface area (Å²) in [6, 6.07) is 1.65. The quantitative estimate of drug-likeness (QED) is 0.513. The summed E-state index contributed by atoms with van der Waals surface area (Å²) < 4.78 is 0. The first kappa shape index (κ1) is 6.03. The number of aromatic nitrogens is 2. The summed E-state index contributed by atoms with van der Waals surface area (Å²) in [5, 5.41) is 9.74. The van der Waals surface area contributed by atoms with Gasteiger partial charge in [-0.2, -0.15) is 0 Å². The van der Waals surface area contributed by atoms with Gasteiger partial charge in [-0.1, -0.05) is 0 Å². The number of nitrogens with one attached hydrogen (secondary N) is 2. The van der Waals surface area contributed by atoms with E-state index in [1.165, 1.54) is 6.20 Å². The van der Waals surface area contributed by atoms with Gasteiger partial charge in [0.15, 0.2) is 0 Å². The molecule has 0 spiro atoms. The normalized spacial score (nSPS) is 10.5. The van der Waals surface area contributed by atoms with Crippen LogP contribution in [-0.4, -0.2) is 15.1 Å². The maximum atomic E-state index is 11.0. The molecule has 0 atom stereocenters.